The topological polar surface area (TPSA) is 95.3 Å². The molecule has 0 aliphatic rings. The predicted octanol–water partition coefficient (Wildman–Crippen LogP) is 3.12. The average molecular weight is 297 g/mol. The number of carbonyl (C=O) groups is 1. The molecule has 0 fully saturated rings. The third-order valence-electron chi connectivity index (χ3n) is 3.04. The van der Waals surface area contributed by atoms with Crippen LogP contribution < -0.4 is 4.74 Å². The summed E-state index contributed by atoms with van der Waals surface area (Å²) in [4.78, 5) is 14.6. The Hall–Kier alpha value is -2.82. The summed E-state index contributed by atoms with van der Waals surface area (Å²) in [7, 11) is 0. The van der Waals surface area contributed by atoms with Gasteiger partial charge in [-0.05, 0) is 41.8 Å². The second kappa shape index (κ2) is 7.83. The first-order chi connectivity index (χ1) is 10.7. The van der Waals surface area contributed by atoms with Crippen LogP contribution in [0.2, 0.25) is 0 Å². The summed E-state index contributed by atoms with van der Waals surface area (Å²) in [6, 6.07) is 15.1. The molecule has 2 aromatic carbocycles. The van der Waals surface area contributed by atoms with E-state index in [1.54, 1.807) is 48.5 Å². The summed E-state index contributed by atoms with van der Waals surface area (Å²) in [5, 5.41) is 12.6. The molecule has 0 aliphatic heterocycles. The van der Waals surface area contributed by atoms with Crippen molar-refractivity contribution in [2.75, 3.05) is 6.61 Å². The van der Waals surface area contributed by atoms with Gasteiger partial charge in [-0.15, -0.1) is 0 Å². The van der Waals surface area contributed by atoms with E-state index in [-0.39, 0.29) is 6.61 Å². The molecule has 1 unspecified atom stereocenters. The Morgan fingerprint density at radius 2 is 1.86 bits per heavy atom. The van der Waals surface area contributed by atoms with Gasteiger partial charge in [0, 0.05) is 4.91 Å². The molecule has 2 rings (SSSR count). The molecule has 6 heteroatoms. The maximum absolute atomic E-state index is 11.9. The van der Waals surface area contributed by atoms with Crippen molar-refractivity contribution >= 4 is 5.97 Å². The van der Waals surface area contributed by atoms with Crippen molar-refractivity contribution in [3.05, 3.63) is 76.2 Å². The smallest absolute Gasteiger partial charge is 0.343 e. The fraction of sp³-hybridized carbons (Fsp3) is 0.188. The molecule has 0 aromatic heterocycles. The SMILES string of the molecule is [N-]=[N+]=NC(CO)Cc1ccc(OC(=O)c2ccccc2)cc1. The molecule has 0 saturated heterocycles. The largest absolute Gasteiger partial charge is 0.423 e. The maximum atomic E-state index is 11.9. The fourth-order valence-electron chi connectivity index (χ4n) is 1.92. The third-order valence-corrected chi connectivity index (χ3v) is 3.04. The van der Waals surface area contributed by atoms with E-state index in [1.165, 1.54) is 0 Å². The molecule has 0 heterocycles. The lowest BCUT2D eigenvalue weighted by molar-refractivity contribution is 0.0734. The highest BCUT2D eigenvalue weighted by Crippen LogP contribution is 2.16. The minimum Gasteiger partial charge on any atom is -0.423 e. The fourth-order valence-corrected chi connectivity index (χ4v) is 1.92. The van der Waals surface area contributed by atoms with Gasteiger partial charge in [0.15, 0.2) is 0 Å². The summed E-state index contributed by atoms with van der Waals surface area (Å²) in [5.74, 6) is 0.0117. The molecule has 0 bridgehead atoms. The Bertz CT molecular complexity index is 665. The summed E-state index contributed by atoms with van der Waals surface area (Å²) in [6.45, 7) is -0.213. The van der Waals surface area contributed by atoms with Crippen LogP contribution in [0.15, 0.2) is 59.7 Å². The van der Waals surface area contributed by atoms with E-state index in [1.807, 2.05) is 6.07 Å². The van der Waals surface area contributed by atoms with Gasteiger partial charge < -0.3 is 9.84 Å². The lowest BCUT2D eigenvalue weighted by Crippen LogP contribution is -2.12. The number of hydrogen-bond donors (Lipinski definition) is 1. The van der Waals surface area contributed by atoms with Gasteiger partial charge in [0.05, 0.1) is 18.2 Å². The van der Waals surface area contributed by atoms with E-state index in [0.717, 1.165) is 5.56 Å². The molecule has 0 radical (unpaired) electrons. The molecule has 6 nitrogen and oxygen atoms in total. The Balaban J connectivity index is 2.00. The zero-order valence-corrected chi connectivity index (χ0v) is 11.8. The van der Waals surface area contributed by atoms with Crippen molar-refractivity contribution in [2.24, 2.45) is 5.11 Å². The van der Waals surface area contributed by atoms with Gasteiger partial charge >= 0.3 is 5.97 Å². The second-order valence-electron chi connectivity index (χ2n) is 4.64. The number of aliphatic hydroxyl groups is 1. The quantitative estimate of drug-likeness (QED) is 0.292. The van der Waals surface area contributed by atoms with Crippen LogP contribution in [-0.4, -0.2) is 23.7 Å². The van der Waals surface area contributed by atoms with Crippen LogP contribution in [0.25, 0.3) is 10.4 Å². The van der Waals surface area contributed by atoms with Crippen molar-refractivity contribution in [3.8, 4) is 5.75 Å². The number of hydrogen-bond acceptors (Lipinski definition) is 4. The number of rotatable bonds is 6. The van der Waals surface area contributed by atoms with Gasteiger partial charge in [0.1, 0.15) is 5.75 Å². The number of aliphatic hydroxyl groups excluding tert-OH is 1. The van der Waals surface area contributed by atoms with Gasteiger partial charge in [0.25, 0.3) is 0 Å². The molecule has 1 atom stereocenters. The van der Waals surface area contributed by atoms with Crippen LogP contribution in [0.5, 0.6) is 5.75 Å². The molecule has 0 amide bonds. The van der Waals surface area contributed by atoms with Gasteiger partial charge in [-0.25, -0.2) is 4.79 Å². The number of carbonyl (C=O) groups excluding carboxylic acids is 1. The van der Waals surface area contributed by atoms with Gasteiger partial charge in [0.2, 0.25) is 0 Å². The highest BCUT2D eigenvalue weighted by molar-refractivity contribution is 5.90. The van der Waals surface area contributed by atoms with E-state index < -0.39 is 12.0 Å². The van der Waals surface area contributed by atoms with Crippen molar-refractivity contribution in [1.82, 2.24) is 0 Å². The molecule has 0 spiro atoms. The highest BCUT2D eigenvalue weighted by Gasteiger charge is 2.09. The molecule has 0 saturated carbocycles. The number of ether oxygens (including phenoxy) is 1. The highest BCUT2D eigenvalue weighted by atomic mass is 16.5. The summed E-state index contributed by atoms with van der Waals surface area (Å²) in [5.41, 5.74) is 9.75. The van der Waals surface area contributed by atoms with E-state index in [4.69, 9.17) is 15.4 Å². The first-order valence-corrected chi connectivity index (χ1v) is 6.74. The van der Waals surface area contributed by atoms with Gasteiger partial charge in [-0.2, -0.15) is 0 Å². The number of nitrogens with zero attached hydrogens (tertiary/aromatic N) is 3. The van der Waals surface area contributed by atoms with Crippen LogP contribution >= 0.6 is 0 Å². The van der Waals surface area contributed by atoms with Gasteiger partial charge in [-0.1, -0.05) is 35.4 Å². The lowest BCUT2D eigenvalue weighted by atomic mass is 10.1. The van der Waals surface area contributed by atoms with Crippen molar-refractivity contribution < 1.29 is 14.6 Å². The standard InChI is InChI=1S/C16H15N3O3/c17-19-18-14(11-20)10-12-6-8-15(9-7-12)22-16(21)13-4-2-1-3-5-13/h1-9,14,20H,10-11H2. The molecular weight excluding hydrogens is 282 g/mol. The Kier molecular flexibility index (Phi) is 5.54. The first-order valence-electron chi connectivity index (χ1n) is 6.74. The van der Waals surface area contributed by atoms with Crippen LogP contribution in [0, 0.1) is 0 Å². The predicted molar refractivity (Wildman–Crippen MR) is 81.6 cm³/mol. The number of esters is 1. The van der Waals surface area contributed by atoms with Crippen LogP contribution in [0.4, 0.5) is 0 Å². The summed E-state index contributed by atoms with van der Waals surface area (Å²) in [6.07, 6.45) is 0.424. The van der Waals surface area contributed by atoms with E-state index >= 15 is 0 Å². The normalized spacial score (nSPS) is 11.3. The Morgan fingerprint density at radius 3 is 2.45 bits per heavy atom. The molecule has 0 aliphatic carbocycles. The van der Waals surface area contributed by atoms with Crippen LogP contribution in [-0.2, 0) is 6.42 Å². The minimum atomic E-state index is -0.497. The van der Waals surface area contributed by atoms with Crippen molar-refractivity contribution in [2.45, 2.75) is 12.5 Å². The molecule has 1 N–H and O–H groups in total. The third kappa shape index (κ3) is 4.34. The van der Waals surface area contributed by atoms with Crippen LogP contribution in [0.3, 0.4) is 0 Å². The van der Waals surface area contributed by atoms with Crippen molar-refractivity contribution in [1.29, 1.82) is 0 Å². The Morgan fingerprint density at radius 1 is 1.18 bits per heavy atom. The zero-order chi connectivity index (χ0) is 15.8. The second-order valence-corrected chi connectivity index (χ2v) is 4.64. The van der Waals surface area contributed by atoms with Gasteiger partial charge in [-0.3, -0.25) is 0 Å². The molecular formula is C16H15N3O3. The first kappa shape index (κ1) is 15.6. The number of benzene rings is 2. The monoisotopic (exact) mass is 297 g/mol. The molecule has 2 aromatic rings. The van der Waals surface area contributed by atoms with Crippen LogP contribution in [0.1, 0.15) is 15.9 Å². The van der Waals surface area contributed by atoms with E-state index in [0.29, 0.717) is 17.7 Å². The van der Waals surface area contributed by atoms with E-state index in [9.17, 15) is 4.79 Å². The molecule has 22 heavy (non-hydrogen) atoms. The zero-order valence-electron chi connectivity index (χ0n) is 11.8. The van der Waals surface area contributed by atoms with E-state index in [2.05, 4.69) is 10.0 Å². The maximum Gasteiger partial charge on any atom is 0.343 e. The Labute approximate surface area is 127 Å². The minimum absolute atomic E-state index is 0.213. The summed E-state index contributed by atoms with van der Waals surface area (Å²) >= 11 is 0. The molecule has 112 valence electrons. The number of azide groups is 1. The lowest BCUT2D eigenvalue weighted by Gasteiger charge is -2.09. The summed E-state index contributed by atoms with van der Waals surface area (Å²) < 4.78 is 5.26. The average Bonchev–Trinajstić information content (AvgIpc) is 2.57. The van der Waals surface area contributed by atoms with Crippen molar-refractivity contribution in [3.63, 3.8) is 0 Å².